The van der Waals surface area contributed by atoms with Gasteiger partial charge < -0.3 is 20.4 Å². The number of carboxylic acids is 2. The molecular weight excluding hydrogens is 735 g/mol. The molecule has 0 saturated heterocycles. The fourth-order valence-electron chi connectivity index (χ4n) is 8.85. The molecule has 1 aliphatic heterocycles. The summed E-state index contributed by atoms with van der Waals surface area (Å²) in [5, 5.41) is 21.2. The number of hydrogen-bond donors (Lipinski definition) is 3. The van der Waals surface area contributed by atoms with Gasteiger partial charge in [-0.3, -0.25) is 4.79 Å². The van der Waals surface area contributed by atoms with Crippen LogP contribution >= 0.6 is 0 Å². The molecule has 0 atom stereocenters. The zero-order valence-corrected chi connectivity index (χ0v) is 35.7. The van der Waals surface area contributed by atoms with Crippen molar-refractivity contribution in [3.63, 3.8) is 0 Å². The number of para-hydroxylation sites is 2. The van der Waals surface area contributed by atoms with Crippen molar-refractivity contribution < 1.29 is 24.6 Å². The Morgan fingerprint density at radius 1 is 0.559 bits per heavy atom. The number of carbonyl (C=O) groups excluding carboxylic acids is 1. The van der Waals surface area contributed by atoms with Crippen LogP contribution < -0.4 is 10.2 Å². The van der Waals surface area contributed by atoms with Crippen molar-refractivity contribution in [2.24, 2.45) is 4.99 Å². The average molecular weight is 790 g/mol. The number of aliphatic imine (C=N–C) groups is 1. The van der Waals surface area contributed by atoms with Gasteiger partial charge in [0.25, 0.3) is 5.91 Å². The number of anilines is 3. The lowest BCUT2D eigenvalue weighted by Crippen LogP contribution is -2.34. The number of nitrogens with zero attached hydrogens (tertiary/aromatic N) is 2. The van der Waals surface area contributed by atoms with Crippen LogP contribution in [-0.2, 0) is 21.7 Å². The summed E-state index contributed by atoms with van der Waals surface area (Å²) in [7, 11) is 2.11. The zero-order valence-electron chi connectivity index (χ0n) is 35.7. The van der Waals surface area contributed by atoms with Gasteiger partial charge in [0.05, 0.1) is 33.9 Å². The van der Waals surface area contributed by atoms with E-state index >= 15 is 0 Å². The zero-order chi connectivity index (χ0) is 42.7. The van der Waals surface area contributed by atoms with E-state index in [-0.39, 0.29) is 38.7 Å². The molecule has 0 unspecified atom stereocenters. The minimum absolute atomic E-state index is 0.0781. The SMILES string of the molecule is CC1(C)CCC(C)(C)c2cc(NC(=O)c3ccc(C(=O)O)cc3)ccc21.CN1c2ccccc2N=C(c2ccc(C(=O)O)cc2)c2cc3c(cc21)C(C)(C)CCC3(C)C. The van der Waals surface area contributed by atoms with Gasteiger partial charge in [-0.25, -0.2) is 14.6 Å². The highest BCUT2D eigenvalue weighted by atomic mass is 16.4. The molecule has 8 heteroatoms. The second kappa shape index (κ2) is 15.0. The molecule has 0 saturated carbocycles. The molecule has 304 valence electrons. The summed E-state index contributed by atoms with van der Waals surface area (Å²) in [6.45, 7) is 18.4. The maximum atomic E-state index is 12.5. The third-order valence-electron chi connectivity index (χ3n) is 13.0. The molecule has 8 nitrogen and oxygen atoms in total. The van der Waals surface area contributed by atoms with Crippen LogP contribution in [-0.4, -0.2) is 40.8 Å². The third kappa shape index (κ3) is 7.93. The Balaban J connectivity index is 0.000000185. The number of amides is 1. The van der Waals surface area contributed by atoms with Crippen molar-refractivity contribution in [1.29, 1.82) is 0 Å². The van der Waals surface area contributed by atoms with Gasteiger partial charge in [-0.05, 0) is 142 Å². The van der Waals surface area contributed by atoms with E-state index < -0.39 is 11.9 Å². The Hall–Kier alpha value is -6.02. The first-order valence-electron chi connectivity index (χ1n) is 20.4. The maximum Gasteiger partial charge on any atom is 0.335 e. The van der Waals surface area contributed by atoms with Crippen LogP contribution in [0.15, 0.2) is 108 Å². The molecule has 3 aliphatic rings. The Kier molecular flexibility index (Phi) is 10.4. The van der Waals surface area contributed by atoms with E-state index in [2.05, 4.69) is 103 Å². The van der Waals surface area contributed by atoms with Gasteiger partial charge in [-0.15, -0.1) is 0 Å². The maximum absolute atomic E-state index is 12.5. The average Bonchev–Trinajstić information content (AvgIpc) is 3.32. The van der Waals surface area contributed by atoms with Gasteiger partial charge in [0.1, 0.15) is 0 Å². The quantitative estimate of drug-likeness (QED) is 0.163. The Morgan fingerprint density at radius 2 is 1.03 bits per heavy atom. The van der Waals surface area contributed by atoms with Gasteiger partial charge >= 0.3 is 11.9 Å². The van der Waals surface area contributed by atoms with E-state index in [9.17, 15) is 19.5 Å². The molecule has 0 fully saturated rings. The summed E-state index contributed by atoms with van der Waals surface area (Å²) in [5.74, 6) is -2.17. The topological polar surface area (TPSA) is 119 Å². The monoisotopic (exact) mass is 789 g/mol. The van der Waals surface area contributed by atoms with Crippen molar-refractivity contribution in [3.05, 3.63) is 153 Å². The van der Waals surface area contributed by atoms with Crippen molar-refractivity contribution >= 4 is 46.3 Å². The lowest BCUT2D eigenvalue weighted by molar-refractivity contribution is 0.0686. The third-order valence-corrected chi connectivity index (χ3v) is 13.0. The van der Waals surface area contributed by atoms with Crippen LogP contribution in [0.25, 0.3) is 0 Å². The highest BCUT2D eigenvalue weighted by Gasteiger charge is 2.40. The van der Waals surface area contributed by atoms with Crippen LogP contribution in [0.2, 0.25) is 0 Å². The van der Waals surface area contributed by atoms with Crippen LogP contribution in [0.3, 0.4) is 0 Å². The fraction of sp³-hybridized carbons (Fsp3) is 0.333. The van der Waals surface area contributed by atoms with E-state index in [4.69, 9.17) is 10.1 Å². The van der Waals surface area contributed by atoms with E-state index in [1.54, 1.807) is 12.1 Å². The van der Waals surface area contributed by atoms with Crippen molar-refractivity contribution in [2.75, 3.05) is 17.3 Å². The predicted molar refractivity (Wildman–Crippen MR) is 238 cm³/mol. The van der Waals surface area contributed by atoms with Crippen LogP contribution in [0, 0.1) is 0 Å². The molecule has 0 spiro atoms. The number of hydrogen-bond acceptors (Lipinski definition) is 5. The molecule has 5 aromatic rings. The molecule has 0 radical (unpaired) electrons. The number of carbonyl (C=O) groups is 3. The highest BCUT2D eigenvalue weighted by molar-refractivity contribution is 6.19. The minimum Gasteiger partial charge on any atom is -0.478 e. The summed E-state index contributed by atoms with van der Waals surface area (Å²) >= 11 is 0. The molecule has 5 aromatic carbocycles. The smallest absolute Gasteiger partial charge is 0.335 e. The normalized spacial score (nSPS) is 17.6. The van der Waals surface area contributed by atoms with Crippen LogP contribution in [0.5, 0.6) is 0 Å². The standard InChI is InChI=1S/C29H30N2O2.C22H25NO3/c1-28(2)14-15-29(3,4)22-17-25-20(16-21(22)28)26(18-10-12-19(13-11-18)27(32)33)30-23-8-6-7-9-24(23)31(25)5;1-21(2)11-12-22(3,4)18-13-16(9-10-17(18)21)23-19(24)14-5-7-15(8-6-14)20(25)26/h6-13,16-17H,14-15H2,1-5H3,(H,32,33);5-10,13H,11-12H2,1-4H3,(H,23,24)(H,25,26). The van der Waals surface area contributed by atoms with E-state index in [0.29, 0.717) is 5.56 Å². The molecule has 59 heavy (non-hydrogen) atoms. The van der Waals surface area contributed by atoms with E-state index in [0.717, 1.165) is 65.3 Å². The number of nitrogens with one attached hydrogen (secondary N) is 1. The lowest BCUT2D eigenvalue weighted by Gasteiger charge is -2.43. The largest absolute Gasteiger partial charge is 0.478 e. The molecule has 0 bridgehead atoms. The second-order valence-electron chi connectivity index (χ2n) is 18.9. The van der Waals surface area contributed by atoms with Crippen molar-refractivity contribution in [2.45, 2.75) is 103 Å². The number of carboxylic acid groups (broad SMARTS) is 2. The lowest BCUT2D eigenvalue weighted by atomic mass is 9.62. The summed E-state index contributed by atoms with van der Waals surface area (Å²) in [5.41, 5.74) is 13.4. The fourth-order valence-corrected chi connectivity index (χ4v) is 8.85. The number of aromatic carboxylic acids is 2. The van der Waals surface area contributed by atoms with Crippen LogP contribution in [0.4, 0.5) is 22.7 Å². The number of fused-ring (bicyclic) bond motifs is 4. The Labute approximate surface area is 348 Å². The second-order valence-corrected chi connectivity index (χ2v) is 18.9. The molecule has 8 rings (SSSR count). The summed E-state index contributed by atoms with van der Waals surface area (Å²) in [6.07, 6.45) is 4.56. The summed E-state index contributed by atoms with van der Waals surface area (Å²) < 4.78 is 0. The van der Waals surface area contributed by atoms with Gasteiger partial charge in [0.15, 0.2) is 0 Å². The first-order valence-corrected chi connectivity index (χ1v) is 20.4. The molecule has 1 amide bonds. The molecule has 2 aliphatic carbocycles. The molecule has 1 heterocycles. The van der Waals surface area contributed by atoms with E-state index in [1.807, 2.05) is 36.4 Å². The van der Waals surface area contributed by atoms with Crippen LogP contribution in [0.1, 0.15) is 146 Å². The summed E-state index contributed by atoms with van der Waals surface area (Å²) in [4.78, 5) is 42.2. The Morgan fingerprint density at radius 3 is 1.59 bits per heavy atom. The van der Waals surface area contributed by atoms with Gasteiger partial charge in [0.2, 0.25) is 0 Å². The number of benzene rings is 5. The van der Waals surface area contributed by atoms with E-state index in [1.165, 1.54) is 46.5 Å². The first-order chi connectivity index (χ1) is 27.7. The first kappa shape index (κ1) is 41.2. The highest BCUT2D eigenvalue weighted by Crippen LogP contribution is 2.50. The van der Waals surface area contributed by atoms with Gasteiger partial charge in [0, 0.05) is 29.4 Å². The molecule has 0 aromatic heterocycles. The predicted octanol–water partition coefficient (Wildman–Crippen LogP) is 12.0. The molecule has 3 N–H and O–H groups in total. The van der Waals surface area contributed by atoms with Crippen molar-refractivity contribution in [1.82, 2.24) is 0 Å². The number of rotatable bonds is 5. The van der Waals surface area contributed by atoms with Crippen molar-refractivity contribution in [3.8, 4) is 0 Å². The van der Waals surface area contributed by atoms with Gasteiger partial charge in [-0.1, -0.05) is 85.7 Å². The van der Waals surface area contributed by atoms with Gasteiger partial charge in [-0.2, -0.15) is 0 Å². The minimum atomic E-state index is -1.00. The molecular formula is C51H55N3O5. The summed E-state index contributed by atoms with van der Waals surface area (Å²) in [6, 6.07) is 32.1. The Bertz CT molecular complexity index is 2510.